The molecule has 0 aliphatic rings. The smallest absolute Gasteiger partial charge is 0.238 e. The Balaban J connectivity index is 3.25. The molecule has 1 rings (SSSR count). The zero-order valence-electron chi connectivity index (χ0n) is 10.5. The van der Waals surface area contributed by atoms with Gasteiger partial charge >= 0.3 is 0 Å². The first-order chi connectivity index (χ1) is 8.40. The fourth-order valence-electron chi connectivity index (χ4n) is 1.56. The molecular formula is C13H17NO3S. The molecule has 0 amide bonds. The lowest BCUT2D eigenvalue weighted by Gasteiger charge is -2.15. The molecule has 0 saturated carbocycles. The summed E-state index contributed by atoms with van der Waals surface area (Å²) in [6.45, 7) is 4.16. The summed E-state index contributed by atoms with van der Waals surface area (Å²) in [7, 11) is -3.70. The molecule has 0 bridgehead atoms. The summed E-state index contributed by atoms with van der Waals surface area (Å²) in [5, 5.41) is 5.12. The van der Waals surface area contributed by atoms with Crippen molar-refractivity contribution in [2.75, 3.05) is 6.61 Å². The highest BCUT2D eigenvalue weighted by Crippen LogP contribution is 2.30. The van der Waals surface area contributed by atoms with Crippen molar-refractivity contribution in [2.24, 2.45) is 5.14 Å². The van der Waals surface area contributed by atoms with Crippen molar-refractivity contribution in [3.8, 4) is 18.1 Å². The topological polar surface area (TPSA) is 69.4 Å². The molecule has 0 fully saturated rings. The molecule has 18 heavy (non-hydrogen) atoms. The van der Waals surface area contributed by atoms with Crippen LogP contribution in [0, 0.1) is 12.3 Å². The molecule has 2 N–H and O–H groups in total. The minimum atomic E-state index is -3.70. The van der Waals surface area contributed by atoms with Crippen LogP contribution in [0.5, 0.6) is 5.75 Å². The summed E-state index contributed by atoms with van der Waals surface area (Å²) >= 11 is 0. The van der Waals surface area contributed by atoms with Crippen LogP contribution in [-0.4, -0.2) is 15.0 Å². The largest absolute Gasteiger partial charge is 0.481 e. The number of hydrogen-bond donors (Lipinski definition) is 1. The van der Waals surface area contributed by atoms with Crippen LogP contribution in [0.1, 0.15) is 31.7 Å². The minimum Gasteiger partial charge on any atom is -0.481 e. The molecule has 0 heterocycles. The van der Waals surface area contributed by atoms with E-state index in [4.69, 9.17) is 16.3 Å². The van der Waals surface area contributed by atoms with E-state index in [0.29, 0.717) is 5.75 Å². The molecule has 98 valence electrons. The van der Waals surface area contributed by atoms with Gasteiger partial charge in [-0.1, -0.05) is 19.8 Å². The van der Waals surface area contributed by atoms with Crippen molar-refractivity contribution in [3.63, 3.8) is 0 Å². The van der Waals surface area contributed by atoms with E-state index >= 15 is 0 Å². The highest BCUT2D eigenvalue weighted by molar-refractivity contribution is 7.89. The Morgan fingerprint density at radius 2 is 2.17 bits per heavy atom. The Hall–Kier alpha value is -1.51. The molecule has 4 nitrogen and oxygen atoms in total. The first-order valence-corrected chi connectivity index (χ1v) is 7.17. The third kappa shape index (κ3) is 3.49. The van der Waals surface area contributed by atoms with Crippen molar-refractivity contribution in [1.82, 2.24) is 0 Å². The monoisotopic (exact) mass is 267 g/mol. The predicted molar refractivity (Wildman–Crippen MR) is 70.8 cm³/mol. The van der Waals surface area contributed by atoms with E-state index in [1.54, 1.807) is 12.1 Å². The van der Waals surface area contributed by atoms with Crippen LogP contribution in [-0.2, 0) is 10.0 Å². The number of rotatable bonds is 5. The second kappa shape index (κ2) is 5.89. The first-order valence-electron chi connectivity index (χ1n) is 5.63. The average Bonchev–Trinajstić information content (AvgIpc) is 2.34. The van der Waals surface area contributed by atoms with Gasteiger partial charge < -0.3 is 4.74 Å². The summed E-state index contributed by atoms with van der Waals surface area (Å²) in [4.78, 5) is 0.0888. The van der Waals surface area contributed by atoms with E-state index in [-0.39, 0.29) is 17.4 Å². The summed E-state index contributed by atoms with van der Waals surface area (Å²) in [5.74, 6) is 3.15. The number of nitrogens with two attached hydrogens (primary N) is 1. The fourth-order valence-corrected chi connectivity index (χ4v) is 2.11. The molecule has 5 heteroatoms. The molecule has 0 aromatic heterocycles. The highest BCUT2D eigenvalue weighted by atomic mass is 32.2. The molecule has 0 radical (unpaired) electrons. The predicted octanol–water partition coefficient (Wildman–Crippen LogP) is 1.86. The van der Waals surface area contributed by atoms with Gasteiger partial charge in [-0.25, -0.2) is 13.6 Å². The summed E-state index contributed by atoms with van der Waals surface area (Å²) in [6, 6.07) is 4.57. The van der Waals surface area contributed by atoms with Gasteiger partial charge in [0.05, 0.1) is 4.90 Å². The molecule has 0 spiro atoms. The Morgan fingerprint density at radius 1 is 1.50 bits per heavy atom. The quantitative estimate of drug-likeness (QED) is 0.828. The van der Waals surface area contributed by atoms with Crippen molar-refractivity contribution < 1.29 is 13.2 Å². The summed E-state index contributed by atoms with van der Waals surface area (Å²) in [6.07, 6.45) is 6.00. The van der Waals surface area contributed by atoms with Crippen LogP contribution < -0.4 is 9.88 Å². The van der Waals surface area contributed by atoms with Gasteiger partial charge in [-0.2, -0.15) is 0 Å². The Labute approximate surface area is 108 Å². The van der Waals surface area contributed by atoms with Gasteiger partial charge in [0, 0.05) is 0 Å². The molecule has 0 aliphatic carbocycles. The standard InChI is InChI=1S/C13H17NO3S/c1-4-8-17-13-7-6-11(18(14,15)16)9-12(13)10(3)5-2/h1,6-7,9-10H,5,8H2,2-3H3,(H2,14,15,16). The Kier molecular flexibility index (Phi) is 4.76. The third-order valence-corrected chi connectivity index (χ3v) is 3.68. The van der Waals surface area contributed by atoms with Gasteiger partial charge in [-0.15, -0.1) is 6.42 Å². The lowest BCUT2D eigenvalue weighted by atomic mass is 9.98. The molecule has 0 aliphatic heterocycles. The second-order valence-corrected chi connectivity index (χ2v) is 5.61. The number of terminal acetylenes is 1. The van der Waals surface area contributed by atoms with Gasteiger partial charge in [0.15, 0.2) is 0 Å². The van der Waals surface area contributed by atoms with Crippen molar-refractivity contribution >= 4 is 10.0 Å². The summed E-state index contributed by atoms with van der Waals surface area (Å²) < 4.78 is 28.1. The maximum absolute atomic E-state index is 11.3. The number of ether oxygens (including phenoxy) is 1. The van der Waals surface area contributed by atoms with Crippen molar-refractivity contribution in [2.45, 2.75) is 31.1 Å². The zero-order chi connectivity index (χ0) is 13.8. The molecular weight excluding hydrogens is 250 g/mol. The lowest BCUT2D eigenvalue weighted by molar-refractivity contribution is 0.363. The number of primary sulfonamides is 1. The zero-order valence-corrected chi connectivity index (χ0v) is 11.3. The maximum Gasteiger partial charge on any atom is 0.238 e. The molecule has 1 unspecified atom stereocenters. The van der Waals surface area contributed by atoms with Crippen LogP contribution in [0.15, 0.2) is 23.1 Å². The normalized spacial score (nSPS) is 12.8. The van der Waals surface area contributed by atoms with Crippen LogP contribution >= 0.6 is 0 Å². The van der Waals surface area contributed by atoms with E-state index < -0.39 is 10.0 Å². The van der Waals surface area contributed by atoms with Crippen molar-refractivity contribution in [1.29, 1.82) is 0 Å². The lowest BCUT2D eigenvalue weighted by Crippen LogP contribution is -2.13. The van der Waals surface area contributed by atoms with Gasteiger partial charge in [0.25, 0.3) is 0 Å². The number of sulfonamides is 1. The first kappa shape index (κ1) is 14.6. The maximum atomic E-state index is 11.3. The fraction of sp³-hybridized carbons (Fsp3) is 0.385. The van der Waals surface area contributed by atoms with Crippen LogP contribution in [0.25, 0.3) is 0 Å². The van der Waals surface area contributed by atoms with Gasteiger partial charge in [0.2, 0.25) is 10.0 Å². The highest BCUT2D eigenvalue weighted by Gasteiger charge is 2.15. The van der Waals surface area contributed by atoms with Crippen molar-refractivity contribution in [3.05, 3.63) is 23.8 Å². The number of hydrogen-bond acceptors (Lipinski definition) is 3. The van der Waals surface area contributed by atoms with Crippen LogP contribution in [0.4, 0.5) is 0 Å². The van der Waals surface area contributed by atoms with Crippen LogP contribution in [0.3, 0.4) is 0 Å². The van der Waals surface area contributed by atoms with E-state index in [0.717, 1.165) is 12.0 Å². The van der Waals surface area contributed by atoms with Crippen LogP contribution in [0.2, 0.25) is 0 Å². The second-order valence-electron chi connectivity index (χ2n) is 4.05. The third-order valence-electron chi connectivity index (χ3n) is 2.76. The molecule has 1 aromatic carbocycles. The van der Waals surface area contributed by atoms with Gasteiger partial charge in [0.1, 0.15) is 12.4 Å². The molecule has 1 atom stereocenters. The summed E-state index contributed by atoms with van der Waals surface area (Å²) in [5.41, 5.74) is 0.805. The van der Waals surface area contributed by atoms with E-state index in [2.05, 4.69) is 5.92 Å². The van der Waals surface area contributed by atoms with Gasteiger partial charge in [-0.3, -0.25) is 0 Å². The SMILES string of the molecule is C#CCOc1ccc(S(N)(=O)=O)cc1C(C)CC. The van der Waals surface area contributed by atoms with Gasteiger partial charge in [-0.05, 0) is 36.1 Å². The van der Waals surface area contributed by atoms with E-state index in [1.165, 1.54) is 6.07 Å². The molecule has 1 aromatic rings. The van der Waals surface area contributed by atoms with E-state index in [9.17, 15) is 8.42 Å². The number of benzene rings is 1. The molecule has 0 saturated heterocycles. The Morgan fingerprint density at radius 3 is 2.67 bits per heavy atom. The minimum absolute atomic E-state index is 0.0888. The van der Waals surface area contributed by atoms with E-state index in [1.807, 2.05) is 13.8 Å². The Bertz CT molecular complexity index is 558. The average molecular weight is 267 g/mol.